The minimum absolute atomic E-state index is 0.0110. The first-order valence-electron chi connectivity index (χ1n) is 4.98. The topological polar surface area (TPSA) is 68.7 Å². The van der Waals surface area contributed by atoms with E-state index in [0.717, 1.165) is 6.42 Å². The number of carbonyl (C=O) groups is 1. The number of carboxylic acid groups (broad SMARTS) is 1. The molecule has 1 atom stereocenters. The molecule has 1 rings (SSSR count). The number of ether oxygens (including phenoxy) is 2. The Bertz CT molecular complexity index is 336. The minimum atomic E-state index is -1.04. The van der Waals surface area contributed by atoms with Gasteiger partial charge in [0, 0.05) is 20.1 Å². The summed E-state index contributed by atoms with van der Waals surface area (Å²) in [5, 5.41) is 8.65. The molecule has 0 aromatic carbocycles. The van der Waals surface area contributed by atoms with Gasteiger partial charge in [0.2, 0.25) is 0 Å². The standard InChI is InChI=1S/C11H15NO4/c1-8(5-6-15-2)16-9-3-4-10(11(13)14)12-7-9/h3-4,7-8H,5-6H2,1-2H3,(H,13,14). The van der Waals surface area contributed by atoms with Gasteiger partial charge in [-0.25, -0.2) is 9.78 Å². The molecule has 5 nitrogen and oxygen atoms in total. The molecular weight excluding hydrogens is 210 g/mol. The molecule has 0 radical (unpaired) electrons. The zero-order chi connectivity index (χ0) is 12.0. The van der Waals surface area contributed by atoms with E-state index in [4.69, 9.17) is 14.6 Å². The lowest BCUT2D eigenvalue weighted by Gasteiger charge is -2.13. The van der Waals surface area contributed by atoms with Gasteiger partial charge in [0.15, 0.2) is 0 Å². The van der Waals surface area contributed by atoms with E-state index in [2.05, 4.69) is 4.98 Å². The van der Waals surface area contributed by atoms with E-state index < -0.39 is 5.97 Å². The van der Waals surface area contributed by atoms with Crippen LogP contribution < -0.4 is 4.74 Å². The third kappa shape index (κ3) is 3.86. The Balaban J connectivity index is 2.51. The number of hydrogen-bond donors (Lipinski definition) is 1. The van der Waals surface area contributed by atoms with Crippen LogP contribution in [0.2, 0.25) is 0 Å². The Morgan fingerprint density at radius 1 is 1.56 bits per heavy atom. The van der Waals surface area contributed by atoms with Crippen molar-refractivity contribution in [1.29, 1.82) is 0 Å². The van der Waals surface area contributed by atoms with Crippen molar-refractivity contribution < 1.29 is 19.4 Å². The van der Waals surface area contributed by atoms with Gasteiger partial charge < -0.3 is 14.6 Å². The van der Waals surface area contributed by atoms with Gasteiger partial charge in [0.25, 0.3) is 0 Å². The maximum absolute atomic E-state index is 10.6. The fourth-order valence-corrected chi connectivity index (χ4v) is 1.15. The number of carboxylic acids is 1. The molecule has 1 N–H and O–H groups in total. The van der Waals surface area contributed by atoms with E-state index in [0.29, 0.717) is 12.4 Å². The largest absolute Gasteiger partial charge is 0.489 e. The summed E-state index contributed by atoms with van der Waals surface area (Å²) < 4.78 is 10.4. The molecule has 0 aliphatic heterocycles. The van der Waals surface area contributed by atoms with Crippen LogP contribution in [0.25, 0.3) is 0 Å². The minimum Gasteiger partial charge on any atom is -0.489 e. The van der Waals surface area contributed by atoms with Crippen LogP contribution in [-0.2, 0) is 4.74 Å². The van der Waals surface area contributed by atoms with Crippen molar-refractivity contribution >= 4 is 5.97 Å². The molecule has 0 aliphatic carbocycles. The number of aromatic nitrogens is 1. The molecule has 5 heteroatoms. The summed E-state index contributed by atoms with van der Waals surface area (Å²) in [4.78, 5) is 14.3. The SMILES string of the molecule is COCCC(C)Oc1ccc(C(=O)O)nc1. The van der Waals surface area contributed by atoms with Crippen LogP contribution in [0.1, 0.15) is 23.8 Å². The predicted octanol–water partition coefficient (Wildman–Crippen LogP) is 1.58. The number of pyridine rings is 1. The molecule has 1 aromatic rings. The van der Waals surface area contributed by atoms with E-state index >= 15 is 0 Å². The van der Waals surface area contributed by atoms with Gasteiger partial charge in [-0.15, -0.1) is 0 Å². The van der Waals surface area contributed by atoms with Gasteiger partial charge in [-0.05, 0) is 19.1 Å². The van der Waals surface area contributed by atoms with Gasteiger partial charge >= 0.3 is 5.97 Å². The van der Waals surface area contributed by atoms with Crippen LogP contribution in [0.15, 0.2) is 18.3 Å². The maximum atomic E-state index is 10.6. The predicted molar refractivity (Wildman–Crippen MR) is 57.8 cm³/mol. The zero-order valence-electron chi connectivity index (χ0n) is 9.34. The van der Waals surface area contributed by atoms with Crippen molar-refractivity contribution in [2.75, 3.05) is 13.7 Å². The number of hydrogen-bond acceptors (Lipinski definition) is 4. The summed E-state index contributed by atoms with van der Waals surface area (Å²) in [6.07, 6.45) is 2.20. The van der Waals surface area contributed by atoms with Crippen LogP contribution in [0, 0.1) is 0 Å². The molecule has 88 valence electrons. The van der Waals surface area contributed by atoms with Gasteiger partial charge in [-0.2, -0.15) is 0 Å². The third-order valence-electron chi connectivity index (χ3n) is 2.02. The highest BCUT2D eigenvalue weighted by Gasteiger charge is 2.06. The van der Waals surface area contributed by atoms with Gasteiger partial charge in [0.05, 0.1) is 12.3 Å². The van der Waals surface area contributed by atoms with Gasteiger partial charge in [0.1, 0.15) is 11.4 Å². The van der Waals surface area contributed by atoms with E-state index in [-0.39, 0.29) is 11.8 Å². The van der Waals surface area contributed by atoms with Crippen LogP contribution >= 0.6 is 0 Å². The molecule has 16 heavy (non-hydrogen) atoms. The lowest BCUT2D eigenvalue weighted by molar-refractivity contribution is 0.0690. The van der Waals surface area contributed by atoms with E-state index in [1.807, 2.05) is 6.92 Å². The monoisotopic (exact) mass is 225 g/mol. The lowest BCUT2D eigenvalue weighted by Crippen LogP contribution is -2.14. The molecule has 1 unspecified atom stereocenters. The molecule has 0 fully saturated rings. The molecule has 0 saturated heterocycles. The Morgan fingerprint density at radius 3 is 2.81 bits per heavy atom. The van der Waals surface area contributed by atoms with Crippen LogP contribution in [0.3, 0.4) is 0 Å². The second-order valence-corrected chi connectivity index (χ2v) is 3.39. The van der Waals surface area contributed by atoms with Crippen molar-refractivity contribution in [1.82, 2.24) is 4.98 Å². The molecule has 1 aromatic heterocycles. The van der Waals surface area contributed by atoms with Crippen LogP contribution in [0.4, 0.5) is 0 Å². The highest BCUT2D eigenvalue weighted by atomic mass is 16.5. The molecule has 0 bridgehead atoms. The first-order chi connectivity index (χ1) is 7.63. The van der Waals surface area contributed by atoms with Crippen molar-refractivity contribution in [3.8, 4) is 5.75 Å². The molecule has 1 heterocycles. The molecule has 0 spiro atoms. The summed E-state index contributed by atoms with van der Waals surface area (Å²) in [5.74, 6) is -0.479. The fraction of sp³-hybridized carbons (Fsp3) is 0.455. The summed E-state index contributed by atoms with van der Waals surface area (Å²) in [5.41, 5.74) is 0.0110. The summed E-state index contributed by atoms with van der Waals surface area (Å²) in [6.45, 7) is 2.55. The summed E-state index contributed by atoms with van der Waals surface area (Å²) >= 11 is 0. The quantitative estimate of drug-likeness (QED) is 0.796. The zero-order valence-corrected chi connectivity index (χ0v) is 9.34. The van der Waals surface area contributed by atoms with Crippen molar-refractivity contribution in [2.45, 2.75) is 19.4 Å². The summed E-state index contributed by atoms with van der Waals surface area (Å²) in [6, 6.07) is 3.01. The average molecular weight is 225 g/mol. The first-order valence-corrected chi connectivity index (χ1v) is 4.98. The highest BCUT2D eigenvalue weighted by Crippen LogP contribution is 2.12. The Morgan fingerprint density at radius 2 is 2.31 bits per heavy atom. The maximum Gasteiger partial charge on any atom is 0.354 e. The van der Waals surface area contributed by atoms with Gasteiger partial charge in [-0.1, -0.05) is 0 Å². The van der Waals surface area contributed by atoms with E-state index in [1.165, 1.54) is 12.3 Å². The highest BCUT2D eigenvalue weighted by molar-refractivity contribution is 5.85. The Kier molecular flexibility index (Phi) is 4.72. The van der Waals surface area contributed by atoms with Gasteiger partial charge in [-0.3, -0.25) is 0 Å². The molecule has 0 aliphatic rings. The van der Waals surface area contributed by atoms with E-state index in [1.54, 1.807) is 13.2 Å². The number of nitrogens with zero attached hydrogens (tertiary/aromatic N) is 1. The second kappa shape index (κ2) is 6.07. The number of aromatic carboxylic acids is 1. The lowest BCUT2D eigenvalue weighted by atomic mass is 10.3. The third-order valence-corrected chi connectivity index (χ3v) is 2.02. The Labute approximate surface area is 94.0 Å². The van der Waals surface area contributed by atoms with Crippen LogP contribution in [0.5, 0.6) is 5.75 Å². The van der Waals surface area contributed by atoms with Crippen molar-refractivity contribution in [2.24, 2.45) is 0 Å². The number of methoxy groups -OCH3 is 1. The molecule has 0 saturated carbocycles. The smallest absolute Gasteiger partial charge is 0.354 e. The number of rotatable bonds is 6. The average Bonchev–Trinajstić information content (AvgIpc) is 2.27. The first kappa shape index (κ1) is 12.4. The molecule has 0 amide bonds. The van der Waals surface area contributed by atoms with Crippen molar-refractivity contribution in [3.63, 3.8) is 0 Å². The van der Waals surface area contributed by atoms with E-state index in [9.17, 15) is 4.79 Å². The second-order valence-electron chi connectivity index (χ2n) is 3.39. The fourth-order valence-electron chi connectivity index (χ4n) is 1.15. The Hall–Kier alpha value is -1.62. The van der Waals surface area contributed by atoms with Crippen LogP contribution in [-0.4, -0.2) is 35.9 Å². The van der Waals surface area contributed by atoms with Crippen molar-refractivity contribution in [3.05, 3.63) is 24.0 Å². The molecular formula is C11H15NO4. The normalized spacial score (nSPS) is 12.1. The summed E-state index contributed by atoms with van der Waals surface area (Å²) in [7, 11) is 1.63.